The summed E-state index contributed by atoms with van der Waals surface area (Å²) in [6, 6.07) is 1.28. The molecule has 0 amide bonds. The number of hydrogen-bond acceptors (Lipinski definition) is 1. The lowest BCUT2D eigenvalue weighted by atomic mass is 10.2. The van der Waals surface area contributed by atoms with Crippen LogP contribution in [0.25, 0.3) is 0 Å². The molecule has 1 atom stereocenters. The van der Waals surface area contributed by atoms with Crippen molar-refractivity contribution in [2.75, 3.05) is 0 Å². The van der Waals surface area contributed by atoms with Crippen LogP contribution in [0.2, 0.25) is 25.7 Å². The number of unbranched alkanes of at least 4 members (excludes halogenated alkanes) is 1. The molecule has 78 valence electrons. The molecule has 0 aromatic carbocycles. The van der Waals surface area contributed by atoms with Gasteiger partial charge in [0.05, 0.1) is 6.10 Å². The van der Waals surface area contributed by atoms with Crippen molar-refractivity contribution in [3.8, 4) is 0 Å². The van der Waals surface area contributed by atoms with E-state index in [9.17, 15) is 0 Å². The molecule has 0 aliphatic rings. The molecule has 0 bridgehead atoms. The molecule has 1 unspecified atom stereocenters. The Morgan fingerprint density at radius 1 is 1.23 bits per heavy atom. The predicted molar refractivity (Wildman–Crippen MR) is 62.8 cm³/mol. The lowest BCUT2D eigenvalue weighted by Crippen LogP contribution is -2.17. The summed E-state index contributed by atoms with van der Waals surface area (Å²) < 4.78 is 0. The normalized spacial score (nSPS) is 15.2. The maximum atomic E-state index is 9.02. The third-order valence-electron chi connectivity index (χ3n) is 1.89. The molecular formula is C11H24OSi. The average molecular weight is 200 g/mol. The molecule has 1 N–H and O–H groups in total. The number of aliphatic hydroxyl groups excluding tert-OH is 1. The zero-order valence-corrected chi connectivity index (χ0v) is 10.5. The van der Waals surface area contributed by atoms with E-state index in [1.54, 1.807) is 0 Å². The number of hydrogen-bond donors (Lipinski definition) is 1. The summed E-state index contributed by atoms with van der Waals surface area (Å²) >= 11 is 0. The molecule has 13 heavy (non-hydrogen) atoms. The maximum absolute atomic E-state index is 9.02. The van der Waals surface area contributed by atoms with Gasteiger partial charge < -0.3 is 5.11 Å². The van der Waals surface area contributed by atoms with E-state index >= 15 is 0 Å². The van der Waals surface area contributed by atoms with Gasteiger partial charge in [0, 0.05) is 8.07 Å². The molecule has 2 heteroatoms. The SMILES string of the molecule is CC(O)CCCC=CC[Si](C)(C)C. The van der Waals surface area contributed by atoms with E-state index < -0.39 is 8.07 Å². The molecule has 0 spiro atoms. The van der Waals surface area contributed by atoms with E-state index in [0.717, 1.165) is 19.3 Å². The Morgan fingerprint density at radius 2 is 1.85 bits per heavy atom. The smallest absolute Gasteiger partial charge is 0.0512 e. The first-order chi connectivity index (χ1) is 5.92. The maximum Gasteiger partial charge on any atom is 0.0512 e. The Morgan fingerprint density at radius 3 is 2.31 bits per heavy atom. The van der Waals surface area contributed by atoms with Gasteiger partial charge in [-0.3, -0.25) is 0 Å². The summed E-state index contributed by atoms with van der Waals surface area (Å²) in [5, 5.41) is 9.02. The minimum atomic E-state index is -0.875. The van der Waals surface area contributed by atoms with Crippen LogP contribution in [0.3, 0.4) is 0 Å². The molecule has 0 heterocycles. The molecule has 0 aromatic rings. The molecule has 1 nitrogen and oxygen atoms in total. The van der Waals surface area contributed by atoms with Gasteiger partial charge in [0.25, 0.3) is 0 Å². The summed E-state index contributed by atoms with van der Waals surface area (Å²) in [6.45, 7) is 9.00. The average Bonchev–Trinajstić information content (AvgIpc) is 1.93. The fraction of sp³-hybridized carbons (Fsp3) is 0.818. The fourth-order valence-electron chi connectivity index (χ4n) is 1.09. The van der Waals surface area contributed by atoms with E-state index in [0.29, 0.717) is 0 Å². The second-order valence-electron chi connectivity index (χ2n) is 5.02. The monoisotopic (exact) mass is 200 g/mol. The van der Waals surface area contributed by atoms with E-state index in [2.05, 4.69) is 31.8 Å². The van der Waals surface area contributed by atoms with Gasteiger partial charge in [0.2, 0.25) is 0 Å². The minimum absolute atomic E-state index is 0.134. The van der Waals surface area contributed by atoms with Gasteiger partial charge in [-0.25, -0.2) is 0 Å². The highest BCUT2D eigenvalue weighted by atomic mass is 28.3. The summed E-state index contributed by atoms with van der Waals surface area (Å²) in [5.41, 5.74) is 0. The van der Waals surface area contributed by atoms with Gasteiger partial charge in [0.1, 0.15) is 0 Å². The first kappa shape index (κ1) is 12.9. The Bertz CT molecular complexity index is 145. The topological polar surface area (TPSA) is 20.2 Å². The summed E-state index contributed by atoms with van der Waals surface area (Å²) in [6.07, 6.45) is 7.60. The van der Waals surface area contributed by atoms with Crippen molar-refractivity contribution in [3.05, 3.63) is 12.2 Å². The van der Waals surface area contributed by atoms with Crippen LogP contribution in [-0.4, -0.2) is 19.3 Å². The molecule has 0 saturated heterocycles. The van der Waals surface area contributed by atoms with Crippen molar-refractivity contribution in [1.82, 2.24) is 0 Å². The Labute approximate surface area is 83.9 Å². The number of rotatable bonds is 6. The van der Waals surface area contributed by atoms with E-state index in [4.69, 9.17) is 5.11 Å². The van der Waals surface area contributed by atoms with Crippen LogP contribution in [0.5, 0.6) is 0 Å². The highest BCUT2D eigenvalue weighted by Gasteiger charge is 2.08. The summed E-state index contributed by atoms with van der Waals surface area (Å²) in [4.78, 5) is 0. The van der Waals surface area contributed by atoms with Crippen LogP contribution in [0.1, 0.15) is 26.2 Å². The Kier molecular flexibility index (Phi) is 6.34. The second-order valence-corrected chi connectivity index (χ2v) is 10.5. The summed E-state index contributed by atoms with van der Waals surface area (Å²) in [5.74, 6) is 0. The largest absolute Gasteiger partial charge is 0.393 e. The van der Waals surface area contributed by atoms with Gasteiger partial charge >= 0.3 is 0 Å². The highest BCUT2D eigenvalue weighted by molar-refractivity contribution is 6.76. The lowest BCUT2D eigenvalue weighted by molar-refractivity contribution is 0.182. The van der Waals surface area contributed by atoms with E-state index in [1.165, 1.54) is 6.04 Å². The van der Waals surface area contributed by atoms with Crippen molar-refractivity contribution in [2.24, 2.45) is 0 Å². The molecule has 0 fully saturated rings. The van der Waals surface area contributed by atoms with Crippen molar-refractivity contribution in [1.29, 1.82) is 0 Å². The van der Waals surface area contributed by atoms with E-state index in [1.807, 2.05) is 6.92 Å². The van der Waals surface area contributed by atoms with Gasteiger partial charge in [-0.2, -0.15) is 0 Å². The molecule has 0 aromatic heterocycles. The minimum Gasteiger partial charge on any atom is -0.393 e. The standard InChI is InChI=1S/C11H24OSi/c1-11(12)9-7-5-6-8-10-13(2,3)4/h6,8,11-12H,5,7,9-10H2,1-4H3. The van der Waals surface area contributed by atoms with Crippen LogP contribution in [0.4, 0.5) is 0 Å². The second kappa shape index (κ2) is 6.38. The molecule has 0 aliphatic carbocycles. The van der Waals surface area contributed by atoms with Gasteiger partial charge in [-0.05, 0) is 32.2 Å². The number of allylic oxidation sites excluding steroid dienone is 2. The fourth-order valence-corrected chi connectivity index (χ4v) is 1.96. The van der Waals surface area contributed by atoms with Crippen molar-refractivity contribution in [3.63, 3.8) is 0 Å². The van der Waals surface area contributed by atoms with Crippen molar-refractivity contribution >= 4 is 8.07 Å². The lowest BCUT2D eigenvalue weighted by Gasteiger charge is -2.11. The van der Waals surface area contributed by atoms with Gasteiger partial charge in [0.15, 0.2) is 0 Å². The first-order valence-corrected chi connectivity index (χ1v) is 8.95. The van der Waals surface area contributed by atoms with Crippen LogP contribution < -0.4 is 0 Å². The van der Waals surface area contributed by atoms with Crippen LogP contribution in [0, 0.1) is 0 Å². The zero-order chi connectivity index (χ0) is 10.3. The quantitative estimate of drug-likeness (QED) is 0.396. The van der Waals surface area contributed by atoms with Gasteiger partial charge in [-0.15, -0.1) is 0 Å². The number of aliphatic hydroxyl groups is 1. The predicted octanol–water partition coefficient (Wildman–Crippen LogP) is 3.43. The van der Waals surface area contributed by atoms with E-state index in [-0.39, 0.29) is 6.10 Å². The Hall–Kier alpha value is -0.0831. The highest BCUT2D eigenvalue weighted by Crippen LogP contribution is 2.09. The molecule has 0 saturated carbocycles. The molecule has 0 rings (SSSR count). The van der Waals surface area contributed by atoms with Crippen LogP contribution >= 0.6 is 0 Å². The zero-order valence-electron chi connectivity index (χ0n) is 9.51. The van der Waals surface area contributed by atoms with Crippen molar-refractivity contribution in [2.45, 2.75) is 58.0 Å². The summed E-state index contributed by atoms with van der Waals surface area (Å²) in [7, 11) is -0.875. The third kappa shape index (κ3) is 11.9. The third-order valence-corrected chi connectivity index (χ3v) is 3.35. The van der Waals surface area contributed by atoms with Crippen LogP contribution in [0.15, 0.2) is 12.2 Å². The molecule has 0 aliphatic heterocycles. The first-order valence-electron chi connectivity index (χ1n) is 5.25. The van der Waals surface area contributed by atoms with Crippen molar-refractivity contribution < 1.29 is 5.11 Å². The van der Waals surface area contributed by atoms with Crippen LogP contribution in [-0.2, 0) is 0 Å². The molecule has 0 radical (unpaired) electrons. The Balaban J connectivity index is 3.33. The molecular weight excluding hydrogens is 176 g/mol. The van der Waals surface area contributed by atoms with Gasteiger partial charge in [-0.1, -0.05) is 31.8 Å².